The quantitative estimate of drug-likeness (QED) is 0.802. The van der Waals surface area contributed by atoms with Crippen LogP contribution in [0.1, 0.15) is 28.1 Å². The summed E-state index contributed by atoms with van der Waals surface area (Å²) in [5.41, 5.74) is 12.1. The molecular weight excluding hydrogens is 284 g/mol. The lowest BCUT2D eigenvalue weighted by Gasteiger charge is -2.08. The van der Waals surface area contributed by atoms with Crippen molar-refractivity contribution in [3.8, 4) is 5.69 Å². The van der Waals surface area contributed by atoms with E-state index in [0.717, 1.165) is 28.2 Å². The molecule has 0 radical (unpaired) electrons. The van der Waals surface area contributed by atoms with Gasteiger partial charge in [-0.1, -0.05) is 59.3 Å². The number of hydrogen-bond donors (Lipinski definition) is 1. The van der Waals surface area contributed by atoms with E-state index in [1.807, 2.05) is 29.0 Å². The average molecular weight is 304 g/mol. The molecule has 23 heavy (non-hydrogen) atoms. The van der Waals surface area contributed by atoms with Crippen LogP contribution < -0.4 is 5.73 Å². The maximum absolute atomic E-state index is 5.82. The second-order valence-electron chi connectivity index (χ2n) is 5.57. The largest absolute Gasteiger partial charge is 0.325 e. The molecule has 3 rings (SSSR count). The second kappa shape index (κ2) is 6.58. The van der Waals surface area contributed by atoms with Gasteiger partial charge in [-0.15, -0.1) is 5.10 Å². The van der Waals surface area contributed by atoms with Crippen LogP contribution in [-0.2, 0) is 6.54 Å². The number of aromatic nitrogens is 3. The van der Waals surface area contributed by atoms with E-state index >= 15 is 0 Å². The minimum Gasteiger partial charge on any atom is -0.325 e. The van der Waals surface area contributed by atoms with Crippen molar-refractivity contribution in [1.29, 1.82) is 0 Å². The molecule has 0 saturated heterocycles. The number of rotatable bonds is 4. The van der Waals surface area contributed by atoms with Gasteiger partial charge in [0.1, 0.15) is 5.69 Å². The van der Waals surface area contributed by atoms with Gasteiger partial charge in [0.15, 0.2) is 0 Å². The highest BCUT2D eigenvalue weighted by molar-refractivity contribution is 5.70. The van der Waals surface area contributed by atoms with Gasteiger partial charge >= 0.3 is 0 Å². The van der Waals surface area contributed by atoms with Gasteiger partial charge in [0, 0.05) is 6.54 Å². The lowest BCUT2D eigenvalue weighted by Crippen LogP contribution is -2.04. The summed E-state index contributed by atoms with van der Waals surface area (Å²) in [5.74, 6) is 0. The van der Waals surface area contributed by atoms with Crippen molar-refractivity contribution in [2.24, 2.45) is 5.73 Å². The Bertz CT molecular complexity index is 832. The third kappa shape index (κ3) is 3.22. The molecule has 0 bridgehead atoms. The summed E-state index contributed by atoms with van der Waals surface area (Å²) in [6.07, 6.45) is 4.08. The molecule has 0 amide bonds. The molecule has 0 saturated carbocycles. The molecule has 2 N–H and O–H groups in total. The third-order valence-corrected chi connectivity index (χ3v) is 3.79. The first kappa shape index (κ1) is 15.2. The third-order valence-electron chi connectivity index (χ3n) is 3.79. The van der Waals surface area contributed by atoms with Crippen LogP contribution in [0, 0.1) is 13.8 Å². The molecule has 2 aromatic carbocycles. The van der Waals surface area contributed by atoms with Gasteiger partial charge in [0.2, 0.25) is 0 Å². The van der Waals surface area contributed by atoms with Gasteiger partial charge in [0.05, 0.1) is 11.4 Å². The Morgan fingerprint density at radius 1 is 1.04 bits per heavy atom. The maximum atomic E-state index is 5.82. The lowest BCUT2D eigenvalue weighted by atomic mass is 10.1. The van der Waals surface area contributed by atoms with Gasteiger partial charge in [-0.05, 0) is 37.1 Å². The molecule has 0 atom stereocenters. The summed E-state index contributed by atoms with van der Waals surface area (Å²) < 4.78 is 1.86. The van der Waals surface area contributed by atoms with E-state index in [0.29, 0.717) is 6.54 Å². The molecule has 0 aliphatic heterocycles. The van der Waals surface area contributed by atoms with Crippen LogP contribution in [0.5, 0.6) is 0 Å². The molecule has 0 fully saturated rings. The van der Waals surface area contributed by atoms with Crippen molar-refractivity contribution < 1.29 is 0 Å². The minimum absolute atomic E-state index is 0.360. The standard InChI is InChI=1S/C19H20N4/c1-14-8-10-18(15(2)12-14)23-19(17(13-20)21-22-23)11-9-16-6-4-3-5-7-16/h3-12H,13,20H2,1-2H3/b11-9+. The molecule has 0 spiro atoms. The van der Waals surface area contributed by atoms with E-state index in [2.05, 4.69) is 60.6 Å². The summed E-state index contributed by atoms with van der Waals surface area (Å²) in [4.78, 5) is 0. The van der Waals surface area contributed by atoms with Gasteiger partial charge in [-0.25, -0.2) is 4.68 Å². The van der Waals surface area contributed by atoms with Crippen LogP contribution in [0.25, 0.3) is 17.8 Å². The van der Waals surface area contributed by atoms with Crippen LogP contribution in [0.3, 0.4) is 0 Å². The molecule has 0 aliphatic carbocycles. The summed E-state index contributed by atoms with van der Waals surface area (Å²) >= 11 is 0. The van der Waals surface area contributed by atoms with Crippen LogP contribution in [0.15, 0.2) is 48.5 Å². The summed E-state index contributed by atoms with van der Waals surface area (Å²) in [6.45, 7) is 4.52. The fraction of sp³-hybridized carbons (Fsp3) is 0.158. The number of hydrogen-bond acceptors (Lipinski definition) is 3. The lowest BCUT2D eigenvalue weighted by molar-refractivity contribution is 0.788. The number of benzene rings is 2. The van der Waals surface area contributed by atoms with Gasteiger partial charge in [-0.3, -0.25) is 0 Å². The van der Waals surface area contributed by atoms with Crippen molar-refractivity contribution in [2.45, 2.75) is 20.4 Å². The van der Waals surface area contributed by atoms with Crippen molar-refractivity contribution in [1.82, 2.24) is 15.0 Å². The van der Waals surface area contributed by atoms with Crippen molar-refractivity contribution in [3.63, 3.8) is 0 Å². The first-order valence-corrected chi connectivity index (χ1v) is 7.64. The van der Waals surface area contributed by atoms with Crippen LogP contribution >= 0.6 is 0 Å². The second-order valence-corrected chi connectivity index (χ2v) is 5.57. The summed E-state index contributed by atoms with van der Waals surface area (Å²) in [7, 11) is 0. The first-order valence-electron chi connectivity index (χ1n) is 7.64. The zero-order chi connectivity index (χ0) is 16.2. The summed E-state index contributed by atoms with van der Waals surface area (Å²) in [6, 6.07) is 16.4. The minimum atomic E-state index is 0.360. The molecule has 0 unspecified atom stereocenters. The van der Waals surface area contributed by atoms with Gasteiger partial charge in [0.25, 0.3) is 0 Å². The Labute approximate surface area is 136 Å². The highest BCUT2D eigenvalue weighted by Gasteiger charge is 2.12. The molecule has 116 valence electrons. The van der Waals surface area contributed by atoms with E-state index < -0.39 is 0 Å². The highest BCUT2D eigenvalue weighted by Crippen LogP contribution is 2.20. The van der Waals surface area contributed by atoms with E-state index in [1.165, 1.54) is 5.56 Å². The SMILES string of the molecule is Cc1ccc(-n2nnc(CN)c2/C=C/c2ccccc2)c(C)c1. The first-order chi connectivity index (χ1) is 11.2. The van der Waals surface area contributed by atoms with Crippen molar-refractivity contribution in [3.05, 3.63) is 76.6 Å². The molecule has 0 aliphatic rings. The van der Waals surface area contributed by atoms with E-state index in [1.54, 1.807) is 0 Å². The Kier molecular flexibility index (Phi) is 4.35. The Hall–Kier alpha value is -2.72. The molecule has 1 heterocycles. The fourth-order valence-electron chi connectivity index (χ4n) is 2.59. The van der Waals surface area contributed by atoms with Crippen LogP contribution in [0.4, 0.5) is 0 Å². The van der Waals surface area contributed by atoms with Crippen LogP contribution in [-0.4, -0.2) is 15.0 Å². The summed E-state index contributed by atoms with van der Waals surface area (Å²) in [5, 5.41) is 8.52. The number of aryl methyl sites for hydroxylation is 2. The molecule has 3 aromatic rings. The number of nitrogens with two attached hydrogens (primary N) is 1. The van der Waals surface area contributed by atoms with Gasteiger partial charge < -0.3 is 5.73 Å². The van der Waals surface area contributed by atoms with Crippen molar-refractivity contribution in [2.75, 3.05) is 0 Å². The van der Waals surface area contributed by atoms with Crippen LogP contribution in [0.2, 0.25) is 0 Å². The Morgan fingerprint density at radius 2 is 1.83 bits per heavy atom. The maximum Gasteiger partial charge on any atom is 0.104 e. The van der Waals surface area contributed by atoms with Crippen molar-refractivity contribution >= 4 is 12.2 Å². The zero-order valence-corrected chi connectivity index (χ0v) is 13.4. The van der Waals surface area contributed by atoms with E-state index in [9.17, 15) is 0 Å². The van der Waals surface area contributed by atoms with E-state index in [-0.39, 0.29) is 0 Å². The monoisotopic (exact) mass is 304 g/mol. The topological polar surface area (TPSA) is 56.7 Å². The normalized spacial score (nSPS) is 11.3. The highest BCUT2D eigenvalue weighted by atomic mass is 15.4. The fourth-order valence-corrected chi connectivity index (χ4v) is 2.59. The molecule has 4 heteroatoms. The zero-order valence-electron chi connectivity index (χ0n) is 13.4. The molecule has 1 aromatic heterocycles. The predicted octanol–water partition coefficient (Wildman–Crippen LogP) is 3.51. The average Bonchev–Trinajstić information content (AvgIpc) is 2.96. The Balaban J connectivity index is 2.06. The Morgan fingerprint density at radius 3 is 2.52 bits per heavy atom. The molecule has 4 nitrogen and oxygen atoms in total. The smallest absolute Gasteiger partial charge is 0.104 e. The predicted molar refractivity (Wildman–Crippen MR) is 94.1 cm³/mol. The van der Waals surface area contributed by atoms with Gasteiger partial charge in [-0.2, -0.15) is 0 Å². The number of nitrogens with zero attached hydrogens (tertiary/aromatic N) is 3. The van der Waals surface area contributed by atoms with E-state index in [4.69, 9.17) is 5.73 Å². The molecular formula is C19H20N4.